The van der Waals surface area contributed by atoms with E-state index in [2.05, 4.69) is 6.92 Å². The van der Waals surface area contributed by atoms with Crippen LogP contribution in [0.2, 0.25) is 0 Å². The molecule has 0 aromatic carbocycles. The molecule has 0 saturated heterocycles. The van der Waals surface area contributed by atoms with E-state index in [0.717, 1.165) is 12.8 Å². The molecule has 0 aliphatic heterocycles. The average Bonchev–Trinajstić information content (AvgIpc) is 1.99. The number of halogens is 1. The molecule has 0 heterocycles. The van der Waals surface area contributed by atoms with Crippen molar-refractivity contribution in [2.75, 3.05) is 0 Å². The van der Waals surface area contributed by atoms with E-state index in [1.165, 1.54) is 24.8 Å². The summed E-state index contributed by atoms with van der Waals surface area (Å²) in [4.78, 5) is 0. The van der Waals surface area contributed by atoms with Crippen molar-refractivity contribution < 1.29 is 5.11 Å². The SMILES string of the molecule is CCCCCCC(O)/C=C/Cl. The number of aliphatic hydroxyl groups is 1. The Morgan fingerprint density at radius 1 is 1.36 bits per heavy atom. The maximum absolute atomic E-state index is 9.18. The second kappa shape index (κ2) is 8.09. The third kappa shape index (κ3) is 7.89. The van der Waals surface area contributed by atoms with Gasteiger partial charge in [0.05, 0.1) is 6.10 Å². The maximum atomic E-state index is 9.18. The van der Waals surface area contributed by atoms with Gasteiger partial charge in [-0.3, -0.25) is 0 Å². The van der Waals surface area contributed by atoms with E-state index < -0.39 is 0 Å². The molecule has 0 radical (unpaired) electrons. The molecule has 0 fully saturated rings. The first-order valence-electron chi connectivity index (χ1n) is 4.26. The molecule has 66 valence electrons. The van der Waals surface area contributed by atoms with Gasteiger partial charge in [0, 0.05) is 5.54 Å². The average molecular weight is 177 g/mol. The van der Waals surface area contributed by atoms with E-state index >= 15 is 0 Å². The van der Waals surface area contributed by atoms with Gasteiger partial charge < -0.3 is 5.11 Å². The zero-order valence-corrected chi connectivity index (χ0v) is 7.85. The molecule has 1 N–H and O–H groups in total. The van der Waals surface area contributed by atoms with Gasteiger partial charge in [0.25, 0.3) is 0 Å². The van der Waals surface area contributed by atoms with Crippen LogP contribution in [0.4, 0.5) is 0 Å². The van der Waals surface area contributed by atoms with Crippen LogP contribution in [0.5, 0.6) is 0 Å². The van der Waals surface area contributed by atoms with Crippen molar-refractivity contribution in [3.63, 3.8) is 0 Å². The van der Waals surface area contributed by atoms with Crippen molar-refractivity contribution in [1.29, 1.82) is 0 Å². The van der Waals surface area contributed by atoms with Gasteiger partial charge in [-0.1, -0.05) is 44.2 Å². The van der Waals surface area contributed by atoms with E-state index in [0.29, 0.717) is 0 Å². The van der Waals surface area contributed by atoms with Gasteiger partial charge in [0.2, 0.25) is 0 Å². The molecule has 1 nitrogen and oxygen atoms in total. The van der Waals surface area contributed by atoms with Crippen molar-refractivity contribution in [1.82, 2.24) is 0 Å². The highest BCUT2D eigenvalue weighted by Crippen LogP contribution is 2.06. The fourth-order valence-electron chi connectivity index (χ4n) is 0.960. The molecular formula is C9H17ClO. The first kappa shape index (κ1) is 11.0. The molecule has 0 amide bonds. The Morgan fingerprint density at radius 3 is 2.64 bits per heavy atom. The lowest BCUT2D eigenvalue weighted by atomic mass is 10.1. The number of aliphatic hydroxyl groups excluding tert-OH is 1. The highest BCUT2D eigenvalue weighted by atomic mass is 35.5. The summed E-state index contributed by atoms with van der Waals surface area (Å²) in [5, 5.41) is 9.18. The highest BCUT2D eigenvalue weighted by molar-refractivity contribution is 6.25. The van der Waals surface area contributed by atoms with Crippen LogP contribution in [0.25, 0.3) is 0 Å². The molecule has 0 aliphatic carbocycles. The van der Waals surface area contributed by atoms with Gasteiger partial charge in [0.15, 0.2) is 0 Å². The Hall–Kier alpha value is -0.0100. The first-order chi connectivity index (χ1) is 5.31. The van der Waals surface area contributed by atoms with Crippen molar-refractivity contribution in [2.45, 2.75) is 45.1 Å². The molecule has 0 rings (SSSR count). The highest BCUT2D eigenvalue weighted by Gasteiger charge is 1.96. The molecule has 1 atom stereocenters. The zero-order valence-electron chi connectivity index (χ0n) is 7.09. The van der Waals surface area contributed by atoms with Gasteiger partial charge >= 0.3 is 0 Å². The van der Waals surface area contributed by atoms with Crippen molar-refractivity contribution in [3.8, 4) is 0 Å². The fraction of sp³-hybridized carbons (Fsp3) is 0.778. The molecule has 2 heteroatoms. The van der Waals surface area contributed by atoms with Crippen molar-refractivity contribution >= 4 is 11.6 Å². The van der Waals surface area contributed by atoms with Crippen LogP contribution >= 0.6 is 11.6 Å². The summed E-state index contributed by atoms with van der Waals surface area (Å²) >= 11 is 5.30. The summed E-state index contributed by atoms with van der Waals surface area (Å²) in [7, 11) is 0. The smallest absolute Gasteiger partial charge is 0.0732 e. The minimum Gasteiger partial charge on any atom is -0.389 e. The van der Waals surface area contributed by atoms with E-state index in [9.17, 15) is 5.11 Å². The Balaban J connectivity index is 3.10. The lowest BCUT2D eigenvalue weighted by molar-refractivity contribution is 0.208. The van der Waals surface area contributed by atoms with E-state index in [1.807, 2.05) is 0 Å². The Morgan fingerprint density at radius 2 is 2.09 bits per heavy atom. The van der Waals surface area contributed by atoms with Crippen molar-refractivity contribution in [2.24, 2.45) is 0 Å². The Labute approximate surface area is 74.1 Å². The van der Waals surface area contributed by atoms with E-state index in [1.54, 1.807) is 6.08 Å². The normalized spacial score (nSPS) is 14.1. The lowest BCUT2D eigenvalue weighted by Crippen LogP contribution is -2.00. The van der Waals surface area contributed by atoms with Gasteiger partial charge in [-0.05, 0) is 12.5 Å². The fourth-order valence-corrected chi connectivity index (χ4v) is 1.13. The predicted octanol–water partition coefficient (Wildman–Crippen LogP) is 3.07. The largest absolute Gasteiger partial charge is 0.389 e. The van der Waals surface area contributed by atoms with E-state index in [4.69, 9.17) is 11.6 Å². The molecule has 0 saturated carbocycles. The number of hydrogen-bond donors (Lipinski definition) is 1. The summed E-state index contributed by atoms with van der Waals surface area (Å²) < 4.78 is 0. The third-order valence-electron chi connectivity index (χ3n) is 1.65. The summed E-state index contributed by atoms with van der Waals surface area (Å²) in [6.45, 7) is 2.18. The van der Waals surface area contributed by atoms with Gasteiger partial charge in [0.1, 0.15) is 0 Å². The summed E-state index contributed by atoms with van der Waals surface area (Å²) in [6.07, 6.45) is 6.92. The topological polar surface area (TPSA) is 20.2 Å². The molecule has 0 bridgehead atoms. The van der Waals surface area contributed by atoms with E-state index in [-0.39, 0.29) is 6.10 Å². The molecule has 0 aromatic heterocycles. The van der Waals surface area contributed by atoms with Crippen LogP contribution in [-0.4, -0.2) is 11.2 Å². The van der Waals surface area contributed by atoms with Crippen LogP contribution < -0.4 is 0 Å². The molecular weight excluding hydrogens is 160 g/mol. The third-order valence-corrected chi connectivity index (χ3v) is 1.79. The molecule has 1 unspecified atom stereocenters. The Bertz CT molecular complexity index is 102. The molecule has 11 heavy (non-hydrogen) atoms. The van der Waals surface area contributed by atoms with Crippen molar-refractivity contribution in [3.05, 3.63) is 11.6 Å². The van der Waals surface area contributed by atoms with Gasteiger partial charge in [-0.2, -0.15) is 0 Å². The van der Waals surface area contributed by atoms with Crippen LogP contribution in [0.15, 0.2) is 11.6 Å². The number of rotatable bonds is 6. The molecule has 0 spiro atoms. The van der Waals surface area contributed by atoms with Crippen LogP contribution in [0.3, 0.4) is 0 Å². The monoisotopic (exact) mass is 176 g/mol. The Kier molecular flexibility index (Phi) is 8.08. The van der Waals surface area contributed by atoms with Crippen LogP contribution in [-0.2, 0) is 0 Å². The molecule has 0 aromatic rings. The number of hydrogen-bond acceptors (Lipinski definition) is 1. The first-order valence-corrected chi connectivity index (χ1v) is 4.69. The minimum absolute atomic E-state index is 0.343. The second-order valence-corrected chi connectivity index (χ2v) is 2.99. The minimum atomic E-state index is -0.343. The lowest BCUT2D eigenvalue weighted by Gasteiger charge is -2.03. The summed E-state index contributed by atoms with van der Waals surface area (Å²) in [5.41, 5.74) is 1.38. The zero-order chi connectivity index (χ0) is 8.53. The summed E-state index contributed by atoms with van der Waals surface area (Å²) in [5.74, 6) is 0. The van der Waals surface area contributed by atoms with Crippen LogP contribution in [0.1, 0.15) is 39.0 Å². The second-order valence-electron chi connectivity index (χ2n) is 2.74. The molecule has 0 aliphatic rings. The van der Waals surface area contributed by atoms with Crippen LogP contribution in [0, 0.1) is 0 Å². The predicted molar refractivity (Wildman–Crippen MR) is 49.8 cm³/mol. The maximum Gasteiger partial charge on any atom is 0.0732 e. The summed E-state index contributed by atoms with van der Waals surface area (Å²) in [6, 6.07) is 0. The standard InChI is InChI=1S/C9H17ClO/c1-2-3-4-5-6-9(11)7-8-10/h7-9,11H,2-6H2,1H3/b8-7+. The quantitative estimate of drug-likeness (QED) is 0.617. The number of unbranched alkanes of at least 4 members (excludes halogenated alkanes) is 3. The van der Waals surface area contributed by atoms with Gasteiger partial charge in [-0.25, -0.2) is 0 Å². The van der Waals surface area contributed by atoms with Gasteiger partial charge in [-0.15, -0.1) is 0 Å².